The van der Waals surface area contributed by atoms with Gasteiger partial charge < -0.3 is 9.32 Å². The van der Waals surface area contributed by atoms with E-state index in [0.717, 1.165) is 94.4 Å². The highest BCUT2D eigenvalue weighted by Crippen LogP contribution is 2.42. The van der Waals surface area contributed by atoms with Crippen molar-refractivity contribution in [2.75, 3.05) is 4.90 Å². The standard InChI is InChI=1S/C57H38N2O/c1-3-12-39(13-4-1)40-25-31-47(32-26-40)59(49-35-29-43(30-36-49)50-20-8-16-44-19-11-37-58-55(44)50)48-33-27-41(28-34-48)45-17-7-18-46(38-45)52-22-10-24-54-53-23-9-21-51(56(53)60-57(52)54)42-14-5-2-6-15-42/h1-38H. The van der Waals surface area contributed by atoms with Crippen LogP contribution in [0.3, 0.4) is 0 Å². The molecule has 0 saturated carbocycles. The van der Waals surface area contributed by atoms with Crippen LogP contribution in [-0.2, 0) is 0 Å². The molecule has 60 heavy (non-hydrogen) atoms. The molecule has 0 radical (unpaired) electrons. The summed E-state index contributed by atoms with van der Waals surface area (Å²) in [5.74, 6) is 0. The number of rotatable bonds is 8. The van der Waals surface area contributed by atoms with Gasteiger partial charge in [-0.3, -0.25) is 4.98 Å². The third kappa shape index (κ3) is 6.39. The average molecular weight is 767 g/mol. The summed E-state index contributed by atoms with van der Waals surface area (Å²) in [6, 6.07) is 79.7. The molecule has 0 aliphatic heterocycles. The Kier molecular flexibility index (Phi) is 8.83. The van der Waals surface area contributed by atoms with E-state index >= 15 is 0 Å². The second-order valence-corrected chi connectivity index (χ2v) is 15.1. The van der Waals surface area contributed by atoms with Gasteiger partial charge in [-0.15, -0.1) is 0 Å². The van der Waals surface area contributed by atoms with E-state index in [1.807, 2.05) is 18.3 Å². The number of pyridine rings is 1. The van der Waals surface area contributed by atoms with E-state index in [4.69, 9.17) is 9.40 Å². The van der Waals surface area contributed by atoms with Crippen molar-refractivity contribution in [1.29, 1.82) is 0 Å². The van der Waals surface area contributed by atoms with Crippen LogP contribution < -0.4 is 4.90 Å². The normalized spacial score (nSPS) is 11.3. The monoisotopic (exact) mass is 766 g/mol. The minimum Gasteiger partial charge on any atom is -0.455 e. The molecule has 0 bridgehead atoms. The van der Waals surface area contributed by atoms with Gasteiger partial charge in [-0.05, 0) is 87.5 Å². The van der Waals surface area contributed by atoms with Crippen LogP contribution in [0.4, 0.5) is 17.1 Å². The van der Waals surface area contributed by atoms with E-state index in [9.17, 15) is 0 Å². The van der Waals surface area contributed by atoms with Crippen molar-refractivity contribution in [3.8, 4) is 55.6 Å². The van der Waals surface area contributed by atoms with Crippen molar-refractivity contribution in [2.45, 2.75) is 0 Å². The van der Waals surface area contributed by atoms with Gasteiger partial charge >= 0.3 is 0 Å². The number of nitrogens with zero attached hydrogens (tertiary/aromatic N) is 2. The first-order valence-corrected chi connectivity index (χ1v) is 20.4. The van der Waals surface area contributed by atoms with Crippen molar-refractivity contribution in [3.05, 3.63) is 231 Å². The molecule has 0 N–H and O–H groups in total. The number of hydrogen-bond donors (Lipinski definition) is 0. The Morgan fingerprint density at radius 2 is 0.750 bits per heavy atom. The van der Waals surface area contributed by atoms with E-state index in [0.29, 0.717) is 0 Å². The first-order chi connectivity index (χ1) is 29.7. The molecule has 2 aromatic heterocycles. The summed E-state index contributed by atoms with van der Waals surface area (Å²) in [6.07, 6.45) is 1.86. The smallest absolute Gasteiger partial charge is 0.143 e. The van der Waals surface area contributed by atoms with Crippen LogP contribution in [0.2, 0.25) is 0 Å². The first kappa shape index (κ1) is 35.2. The second-order valence-electron chi connectivity index (χ2n) is 15.1. The van der Waals surface area contributed by atoms with Gasteiger partial charge in [0.2, 0.25) is 0 Å². The Morgan fingerprint density at radius 1 is 0.317 bits per heavy atom. The molecule has 0 aliphatic rings. The SMILES string of the molecule is c1ccc(-c2ccc(N(c3ccc(-c4cccc(-c5cccc6c5oc5c(-c7ccccc7)cccc56)c4)cc3)c3ccc(-c4cccc5cccnc45)cc3)cc2)cc1. The molecule has 9 aromatic carbocycles. The predicted octanol–water partition coefficient (Wildman–Crippen LogP) is 15.9. The molecule has 0 fully saturated rings. The Bertz CT molecular complexity index is 3270. The maximum absolute atomic E-state index is 6.77. The van der Waals surface area contributed by atoms with E-state index < -0.39 is 0 Å². The lowest BCUT2D eigenvalue weighted by Crippen LogP contribution is -2.09. The summed E-state index contributed by atoms with van der Waals surface area (Å²) in [5.41, 5.74) is 17.4. The van der Waals surface area contributed by atoms with Crippen LogP contribution in [0.15, 0.2) is 235 Å². The van der Waals surface area contributed by atoms with Crippen LogP contribution in [0.5, 0.6) is 0 Å². The van der Waals surface area contributed by atoms with Gasteiger partial charge in [-0.25, -0.2) is 0 Å². The summed E-state index contributed by atoms with van der Waals surface area (Å²) >= 11 is 0. The number of para-hydroxylation sites is 3. The molecule has 2 heterocycles. The van der Waals surface area contributed by atoms with Gasteiger partial charge in [0.1, 0.15) is 11.2 Å². The Labute approximate surface area is 349 Å². The third-order valence-electron chi connectivity index (χ3n) is 11.5. The van der Waals surface area contributed by atoms with Crippen molar-refractivity contribution in [3.63, 3.8) is 0 Å². The van der Waals surface area contributed by atoms with Gasteiger partial charge in [0.15, 0.2) is 0 Å². The number of anilines is 3. The summed E-state index contributed by atoms with van der Waals surface area (Å²) in [6.45, 7) is 0. The number of benzene rings is 9. The van der Waals surface area contributed by atoms with Gasteiger partial charge in [0.05, 0.1) is 5.52 Å². The molecule has 282 valence electrons. The highest BCUT2D eigenvalue weighted by atomic mass is 16.3. The summed E-state index contributed by atoms with van der Waals surface area (Å²) < 4.78 is 6.77. The first-order valence-electron chi connectivity index (χ1n) is 20.4. The van der Waals surface area contributed by atoms with Crippen LogP contribution in [0, 0.1) is 0 Å². The molecule has 0 spiro atoms. The molecular formula is C57H38N2O. The summed E-state index contributed by atoms with van der Waals surface area (Å²) in [4.78, 5) is 7.05. The quantitative estimate of drug-likeness (QED) is 0.154. The second kappa shape index (κ2) is 15.1. The molecule has 3 heteroatoms. The lowest BCUT2D eigenvalue weighted by Gasteiger charge is -2.26. The molecule has 0 saturated heterocycles. The molecule has 11 aromatic rings. The van der Waals surface area contributed by atoms with Gasteiger partial charge in [0.25, 0.3) is 0 Å². The summed E-state index contributed by atoms with van der Waals surface area (Å²) in [7, 11) is 0. The van der Waals surface area contributed by atoms with Crippen LogP contribution >= 0.6 is 0 Å². The number of furan rings is 1. The molecule has 11 rings (SSSR count). The van der Waals surface area contributed by atoms with Crippen LogP contribution in [0.1, 0.15) is 0 Å². The highest BCUT2D eigenvalue weighted by molar-refractivity contribution is 6.13. The molecule has 3 nitrogen and oxygen atoms in total. The number of aromatic nitrogens is 1. The zero-order chi connectivity index (χ0) is 39.8. The zero-order valence-electron chi connectivity index (χ0n) is 32.7. The Hall–Kier alpha value is -8.01. The van der Waals surface area contributed by atoms with E-state index in [1.54, 1.807) is 0 Å². The fraction of sp³-hybridized carbons (Fsp3) is 0. The fourth-order valence-corrected chi connectivity index (χ4v) is 8.57. The van der Waals surface area contributed by atoms with Crippen molar-refractivity contribution >= 4 is 49.9 Å². The maximum Gasteiger partial charge on any atom is 0.143 e. The molecule has 0 atom stereocenters. The Morgan fingerprint density at radius 3 is 1.38 bits per heavy atom. The van der Waals surface area contributed by atoms with Crippen molar-refractivity contribution in [1.82, 2.24) is 4.98 Å². The number of hydrogen-bond acceptors (Lipinski definition) is 3. The molecule has 0 aliphatic carbocycles. The van der Waals surface area contributed by atoms with Crippen LogP contribution in [-0.4, -0.2) is 4.98 Å². The minimum absolute atomic E-state index is 0.903. The average Bonchev–Trinajstić information content (AvgIpc) is 3.72. The lowest BCUT2D eigenvalue weighted by atomic mass is 9.97. The topological polar surface area (TPSA) is 29.3 Å². The molecule has 0 amide bonds. The van der Waals surface area contributed by atoms with Gasteiger partial charge in [-0.1, -0.05) is 176 Å². The zero-order valence-corrected chi connectivity index (χ0v) is 32.7. The van der Waals surface area contributed by atoms with Crippen molar-refractivity contribution in [2.24, 2.45) is 0 Å². The largest absolute Gasteiger partial charge is 0.455 e. The third-order valence-corrected chi connectivity index (χ3v) is 11.5. The van der Waals surface area contributed by atoms with Crippen molar-refractivity contribution < 1.29 is 4.42 Å². The van der Waals surface area contributed by atoms with Gasteiger partial charge in [0, 0.05) is 56.1 Å². The predicted molar refractivity (Wildman–Crippen MR) is 251 cm³/mol. The highest BCUT2D eigenvalue weighted by Gasteiger charge is 2.17. The lowest BCUT2D eigenvalue weighted by molar-refractivity contribution is 0.671. The van der Waals surface area contributed by atoms with E-state index in [-0.39, 0.29) is 0 Å². The fourth-order valence-electron chi connectivity index (χ4n) is 8.57. The van der Waals surface area contributed by atoms with E-state index in [2.05, 4.69) is 217 Å². The minimum atomic E-state index is 0.903. The van der Waals surface area contributed by atoms with Gasteiger partial charge in [-0.2, -0.15) is 0 Å². The number of fused-ring (bicyclic) bond motifs is 4. The Balaban J connectivity index is 0.953. The molecule has 0 unspecified atom stereocenters. The molecular weight excluding hydrogens is 729 g/mol. The summed E-state index contributed by atoms with van der Waals surface area (Å²) in [5, 5.41) is 3.38. The maximum atomic E-state index is 6.77. The van der Waals surface area contributed by atoms with E-state index in [1.165, 1.54) is 11.1 Å². The van der Waals surface area contributed by atoms with Crippen LogP contribution in [0.25, 0.3) is 88.5 Å².